The highest BCUT2D eigenvalue weighted by Crippen LogP contribution is 2.36. The molecule has 0 bridgehead atoms. The highest BCUT2D eigenvalue weighted by molar-refractivity contribution is 7.89. The number of benzene rings is 1. The molecule has 1 saturated heterocycles. The summed E-state index contributed by atoms with van der Waals surface area (Å²) in [4.78, 5) is 40.6. The van der Waals surface area contributed by atoms with E-state index in [1.165, 1.54) is 22.8 Å². The third kappa shape index (κ3) is 4.06. The molecule has 9 nitrogen and oxygen atoms in total. The lowest BCUT2D eigenvalue weighted by Crippen LogP contribution is -2.43. The van der Waals surface area contributed by atoms with Crippen molar-refractivity contribution in [2.75, 3.05) is 13.1 Å². The van der Waals surface area contributed by atoms with Gasteiger partial charge < -0.3 is 4.90 Å². The summed E-state index contributed by atoms with van der Waals surface area (Å²) in [5.74, 6) is 0.136. The quantitative estimate of drug-likeness (QED) is 0.612. The van der Waals surface area contributed by atoms with Gasteiger partial charge in [-0.1, -0.05) is 6.58 Å². The average molecular weight is 473 g/mol. The van der Waals surface area contributed by atoms with Crippen molar-refractivity contribution >= 4 is 26.8 Å². The van der Waals surface area contributed by atoms with Crippen molar-refractivity contribution < 1.29 is 13.2 Å². The summed E-state index contributed by atoms with van der Waals surface area (Å²) >= 11 is 0. The number of hydrogen-bond acceptors (Lipinski definition) is 5. The summed E-state index contributed by atoms with van der Waals surface area (Å²) in [6.07, 6.45) is 5.29. The molecule has 2 heterocycles. The molecular formula is C23H28N4O5S. The van der Waals surface area contributed by atoms with E-state index >= 15 is 0 Å². The Morgan fingerprint density at radius 1 is 1.24 bits per heavy atom. The second-order valence-corrected chi connectivity index (χ2v) is 11.5. The van der Waals surface area contributed by atoms with E-state index in [1.54, 1.807) is 15.5 Å². The summed E-state index contributed by atoms with van der Waals surface area (Å²) < 4.78 is 31.4. The van der Waals surface area contributed by atoms with Gasteiger partial charge >= 0.3 is 5.69 Å². The van der Waals surface area contributed by atoms with Crippen LogP contribution in [0.3, 0.4) is 0 Å². The van der Waals surface area contributed by atoms with Crippen molar-refractivity contribution in [2.45, 2.75) is 62.0 Å². The molecule has 0 radical (unpaired) electrons. The number of rotatable bonds is 7. The minimum absolute atomic E-state index is 0.0123. The average Bonchev–Trinajstić information content (AvgIpc) is 3.69. The Balaban J connectivity index is 1.64. The number of sulfonamides is 1. The minimum atomic E-state index is -3.80. The van der Waals surface area contributed by atoms with Crippen LogP contribution in [0.2, 0.25) is 0 Å². The monoisotopic (exact) mass is 472 g/mol. The summed E-state index contributed by atoms with van der Waals surface area (Å²) in [5.41, 5.74) is -0.920. The van der Waals surface area contributed by atoms with Gasteiger partial charge in [0, 0.05) is 25.2 Å². The van der Waals surface area contributed by atoms with E-state index in [2.05, 4.69) is 11.3 Å². The van der Waals surface area contributed by atoms with Crippen LogP contribution in [0.5, 0.6) is 0 Å². The van der Waals surface area contributed by atoms with E-state index < -0.39 is 32.9 Å². The van der Waals surface area contributed by atoms with Crippen LogP contribution in [0, 0.1) is 5.92 Å². The van der Waals surface area contributed by atoms with Gasteiger partial charge in [-0.05, 0) is 69.2 Å². The fourth-order valence-electron chi connectivity index (χ4n) is 4.55. The number of nitrogens with one attached hydrogen (secondary N) is 1. The van der Waals surface area contributed by atoms with E-state index in [-0.39, 0.29) is 22.7 Å². The zero-order valence-electron chi connectivity index (χ0n) is 18.6. The number of fused-ring (bicyclic) bond motifs is 1. The number of carbonyl (C=O) groups excluding carboxylic acids is 1. The first-order valence-corrected chi connectivity index (χ1v) is 12.8. The van der Waals surface area contributed by atoms with Crippen LogP contribution in [0.15, 0.2) is 45.3 Å². The van der Waals surface area contributed by atoms with Gasteiger partial charge in [0.15, 0.2) is 0 Å². The number of aromatic nitrogens is 2. The van der Waals surface area contributed by atoms with Gasteiger partial charge in [-0.3, -0.25) is 18.7 Å². The van der Waals surface area contributed by atoms with Gasteiger partial charge in [0.1, 0.15) is 0 Å². The Hall–Kier alpha value is -2.72. The first-order valence-electron chi connectivity index (χ1n) is 11.4. The Labute approximate surface area is 191 Å². The molecule has 10 heteroatoms. The third-order valence-electron chi connectivity index (χ3n) is 6.99. The Morgan fingerprint density at radius 2 is 1.97 bits per heavy atom. The van der Waals surface area contributed by atoms with Crippen LogP contribution in [0.4, 0.5) is 0 Å². The molecule has 1 N–H and O–H groups in total. The second-order valence-electron chi connectivity index (χ2n) is 9.79. The van der Waals surface area contributed by atoms with E-state index in [0.717, 1.165) is 25.7 Å². The Morgan fingerprint density at radius 3 is 2.61 bits per heavy atom. The zero-order chi connectivity index (χ0) is 23.5. The molecule has 0 spiro atoms. The number of amides is 1. The van der Waals surface area contributed by atoms with Crippen molar-refractivity contribution in [3.63, 3.8) is 0 Å². The van der Waals surface area contributed by atoms with Gasteiger partial charge in [-0.2, -0.15) is 0 Å². The topological polar surface area (TPSA) is 110 Å². The molecular weight excluding hydrogens is 444 g/mol. The lowest BCUT2D eigenvalue weighted by Gasteiger charge is -2.19. The van der Waals surface area contributed by atoms with Crippen molar-refractivity contribution in [1.82, 2.24) is 18.8 Å². The van der Waals surface area contributed by atoms with Gasteiger partial charge in [-0.15, -0.1) is 0 Å². The molecule has 0 unspecified atom stereocenters. The first-order chi connectivity index (χ1) is 15.6. The minimum Gasteiger partial charge on any atom is -0.337 e. The zero-order valence-corrected chi connectivity index (χ0v) is 19.4. The van der Waals surface area contributed by atoms with Gasteiger partial charge in [-0.25, -0.2) is 17.9 Å². The van der Waals surface area contributed by atoms with Crippen LogP contribution in [-0.4, -0.2) is 47.0 Å². The van der Waals surface area contributed by atoms with Gasteiger partial charge in [0.2, 0.25) is 15.9 Å². The Kier molecular flexibility index (Phi) is 5.13. The first kappa shape index (κ1) is 22.1. The van der Waals surface area contributed by atoms with Crippen LogP contribution in [-0.2, 0) is 21.4 Å². The van der Waals surface area contributed by atoms with E-state index in [0.29, 0.717) is 30.9 Å². The SMILES string of the molecule is C=CC(=O)N1CC[C@@H](n2c(=O)c3cc(S(=O)(=O)NC4(C)CC4)ccc3n(CC3CC3)c2=O)C1. The number of hydrogen-bond donors (Lipinski definition) is 1. The van der Waals surface area contributed by atoms with Crippen LogP contribution in [0.1, 0.15) is 45.1 Å². The van der Waals surface area contributed by atoms with Crippen molar-refractivity contribution in [3.8, 4) is 0 Å². The van der Waals surface area contributed by atoms with E-state index in [4.69, 9.17) is 0 Å². The highest BCUT2D eigenvalue weighted by Gasteiger charge is 2.41. The van der Waals surface area contributed by atoms with Crippen molar-refractivity contribution in [3.05, 3.63) is 51.7 Å². The van der Waals surface area contributed by atoms with Gasteiger partial charge in [0.05, 0.1) is 21.8 Å². The molecule has 1 aromatic heterocycles. The summed E-state index contributed by atoms with van der Waals surface area (Å²) in [5, 5.41) is 0.201. The van der Waals surface area contributed by atoms with Crippen LogP contribution in [0.25, 0.3) is 10.9 Å². The molecule has 1 amide bonds. The number of likely N-dealkylation sites (tertiary alicyclic amines) is 1. The standard InChI is InChI=1S/C23H28N4O5S/c1-3-20(28)25-11-8-16(14-25)27-21(29)18-12-17(33(31,32)24-23(2)9-10-23)6-7-19(18)26(22(27)30)13-15-4-5-15/h3,6-7,12,15-16,24H,1,4-5,8-11,13-14H2,2H3/t16-/m1/s1. The van der Waals surface area contributed by atoms with E-state index in [1.807, 2.05) is 6.92 Å². The van der Waals surface area contributed by atoms with Crippen LogP contribution < -0.4 is 16.0 Å². The lowest BCUT2D eigenvalue weighted by atomic mass is 10.2. The largest absolute Gasteiger partial charge is 0.337 e. The predicted octanol–water partition coefficient (Wildman–Crippen LogP) is 1.36. The third-order valence-corrected chi connectivity index (χ3v) is 8.62. The molecule has 2 saturated carbocycles. The number of nitrogens with zero attached hydrogens (tertiary/aromatic N) is 3. The second kappa shape index (κ2) is 7.66. The summed E-state index contributed by atoms with van der Waals surface area (Å²) in [6.45, 7) is 6.51. The summed E-state index contributed by atoms with van der Waals surface area (Å²) in [6, 6.07) is 3.94. The maximum atomic E-state index is 13.5. The Bertz CT molecular complexity index is 1380. The molecule has 176 valence electrons. The van der Waals surface area contributed by atoms with Crippen molar-refractivity contribution in [1.29, 1.82) is 0 Å². The van der Waals surface area contributed by atoms with E-state index in [9.17, 15) is 22.8 Å². The van der Waals surface area contributed by atoms with Crippen LogP contribution >= 0.6 is 0 Å². The molecule has 1 atom stereocenters. The molecule has 33 heavy (non-hydrogen) atoms. The molecule has 2 aromatic rings. The molecule has 3 aliphatic rings. The number of carbonyl (C=O) groups is 1. The summed E-state index contributed by atoms with van der Waals surface area (Å²) in [7, 11) is -3.80. The maximum absolute atomic E-state index is 13.5. The molecule has 3 fully saturated rings. The maximum Gasteiger partial charge on any atom is 0.331 e. The fraction of sp³-hybridized carbons (Fsp3) is 0.522. The lowest BCUT2D eigenvalue weighted by molar-refractivity contribution is -0.125. The smallest absolute Gasteiger partial charge is 0.331 e. The predicted molar refractivity (Wildman–Crippen MR) is 124 cm³/mol. The normalized spacial score (nSPS) is 22.0. The van der Waals surface area contributed by atoms with Gasteiger partial charge in [0.25, 0.3) is 5.56 Å². The molecule has 1 aromatic carbocycles. The molecule has 5 rings (SSSR count). The van der Waals surface area contributed by atoms with Crippen molar-refractivity contribution in [2.24, 2.45) is 5.92 Å². The fourth-order valence-corrected chi connectivity index (χ4v) is 6.04. The molecule has 2 aliphatic carbocycles. The highest BCUT2D eigenvalue weighted by atomic mass is 32.2. The molecule has 1 aliphatic heterocycles.